The number of para-hydroxylation sites is 1. The number of carboxylic acids is 1. The van der Waals surface area contributed by atoms with Gasteiger partial charge in [-0.05, 0) is 12.1 Å². The summed E-state index contributed by atoms with van der Waals surface area (Å²) in [6.45, 7) is 0. The van der Waals surface area contributed by atoms with Crippen molar-refractivity contribution in [2.45, 2.75) is 0 Å². The van der Waals surface area contributed by atoms with Crippen LogP contribution >= 0.6 is 0 Å². The maximum Gasteiger partial charge on any atom is 0.313 e. The second-order valence-corrected chi connectivity index (χ2v) is 2.91. The summed E-state index contributed by atoms with van der Waals surface area (Å²) in [5.74, 6) is -0.979. The van der Waals surface area contributed by atoms with E-state index in [-0.39, 0.29) is 0 Å². The molecule has 0 bridgehead atoms. The van der Waals surface area contributed by atoms with Gasteiger partial charge in [-0.15, -0.1) is 0 Å². The predicted molar refractivity (Wildman–Crippen MR) is 52.8 cm³/mol. The molecule has 69 valence electrons. The summed E-state index contributed by atoms with van der Waals surface area (Å²) >= 11 is 0. The molecule has 0 fully saturated rings. The fraction of sp³-hybridized carbons (Fsp3) is 0. The average molecular weight is 186 g/mol. The first-order valence-corrected chi connectivity index (χ1v) is 4.19. The number of benzene rings is 1. The van der Waals surface area contributed by atoms with Gasteiger partial charge in [-0.25, -0.2) is 0 Å². The Balaban J connectivity index is 2.46. The summed E-state index contributed by atoms with van der Waals surface area (Å²) < 4.78 is 0. The third-order valence-electron chi connectivity index (χ3n) is 1.89. The molecule has 1 aromatic carbocycles. The zero-order chi connectivity index (χ0) is 9.97. The minimum absolute atomic E-state index is 0.469. The van der Waals surface area contributed by atoms with Gasteiger partial charge in [0.05, 0.1) is 11.2 Å². The van der Waals surface area contributed by atoms with Crippen molar-refractivity contribution in [2.24, 2.45) is 0 Å². The van der Waals surface area contributed by atoms with Crippen LogP contribution in [-0.2, 0) is 4.79 Å². The monoisotopic (exact) mass is 186 g/mol. The molecule has 1 N–H and O–H groups in total. The number of pyridine rings is 1. The highest BCUT2D eigenvalue weighted by molar-refractivity contribution is 5.83. The molecule has 2 rings (SSSR count). The molecule has 0 aliphatic heterocycles. The molecular formula is C11H8NO2. The van der Waals surface area contributed by atoms with E-state index in [4.69, 9.17) is 5.11 Å². The van der Waals surface area contributed by atoms with Gasteiger partial charge in [0.1, 0.15) is 6.42 Å². The van der Waals surface area contributed by atoms with E-state index in [0.29, 0.717) is 5.69 Å². The molecule has 1 heterocycles. The minimum atomic E-state index is -0.979. The number of carbonyl (C=O) groups is 1. The van der Waals surface area contributed by atoms with E-state index in [1.807, 2.05) is 30.3 Å². The molecule has 1 aromatic heterocycles. The lowest BCUT2D eigenvalue weighted by Gasteiger charge is -1.99. The summed E-state index contributed by atoms with van der Waals surface area (Å²) in [6, 6.07) is 11.1. The van der Waals surface area contributed by atoms with Crippen molar-refractivity contribution in [3.8, 4) is 0 Å². The third-order valence-corrected chi connectivity index (χ3v) is 1.89. The molecule has 0 aliphatic rings. The van der Waals surface area contributed by atoms with Gasteiger partial charge in [0.15, 0.2) is 0 Å². The molecule has 0 spiro atoms. The maximum absolute atomic E-state index is 10.4. The Hall–Kier alpha value is -1.90. The molecule has 0 aliphatic carbocycles. The van der Waals surface area contributed by atoms with Gasteiger partial charge in [-0.2, -0.15) is 0 Å². The molecular weight excluding hydrogens is 178 g/mol. The number of aliphatic carboxylic acids is 1. The SMILES string of the molecule is O=C(O)[CH]c1ccc2ccccc2n1. The maximum atomic E-state index is 10.4. The molecule has 3 heteroatoms. The first kappa shape index (κ1) is 8.69. The van der Waals surface area contributed by atoms with Crippen molar-refractivity contribution < 1.29 is 9.90 Å². The summed E-state index contributed by atoms with van der Waals surface area (Å²) in [6.07, 6.45) is 1.09. The van der Waals surface area contributed by atoms with Crippen molar-refractivity contribution in [3.63, 3.8) is 0 Å². The van der Waals surface area contributed by atoms with Crippen molar-refractivity contribution in [2.75, 3.05) is 0 Å². The number of fused-ring (bicyclic) bond motifs is 1. The Morgan fingerprint density at radius 1 is 1.21 bits per heavy atom. The number of hydrogen-bond acceptors (Lipinski definition) is 2. The van der Waals surface area contributed by atoms with Crippen LogP contribution in [0.2, 0.25) is 0 Å². The molecule has 0 saturated carbocycles. The molecule has 14 heavy (non-hydrogen) atoms. The Morgan fingerprint density at radius 3 is 2.79 bits per heavy atom. The normalized spacial score (nSPS) is 10.3. The van der Waals surface area contributed by atoms with Crippen molar-refractivity contribution in [3.05, 3.63) is 48.5 Å². The lowest BCUT2D eigenvalue weighted by atomic mass is 10.2. The van der Waals surface area contributed by atoms with E-state index in [1.54, 1.807) is 6.07 Å². The fourth-order valence-corrected chi connectivity index (χ4v) is 1.29. The number of nitrogens with zero attached hydrogens (tertiary/aromatic N) is 1. The smallest absolute Gasteiger partial charge is 0.313 e. The first-order chi connectivity index (χ1) is 6.75. The zero-order valence-electron chi connectivity index (χ0n) is 7.34. The minimum Gasteiger partial charge on any atom is -0.481 e. The van der Waals surface area contributed by atoms with Crippen LogP contribution in [0.4, 0.5) is 0 Å². The predicted octanol–water partition coefficient (Wildman–Crippen LogP) is 1.87. The van der Waals surface area contributed by atoms with E-state index in [1.165, 1.54) is 0 Å². The highest BCUT2D eigenvalue weighted by atomic mass is 16.4. The standard InChI is InChI=1S/C11H8NO2/c13-11(14)7-9-6-5-8-3-1-2-4-10(8)12-9/h1-7H,(H,13,14). The largest absolute Gasteiger partial charge is 0.481 e. The van der Waals surface area contributed by atoms with Gasteiger partial charge in [-0.3, -0.25) is 9.78 Å². The van der Waals surface area contributed by atoms with Crippen LogP contribution in [0.15, 0.2) is 36.4 Å². The molecule has 3 nitrogen and oxygen atoms in total. The highest BCUT2D eigenvalue weighted by Crippen LogP contribution is 2.12. The van der Waals surface area contributed by atoms with Crippen LogP contribution in [-0.4, -0.2) is 16.1 Å². The lowest BCUT2D eigenvalue weighted by Crippen LogP contribution is -1.99. The van der Waals surface area contributed by atoms with Gasteiger partial charge < -0.3 is 5.11 Å². The number of aromatic nitrogens is 1. The first-order valence-electron chi connectivity index (χ1n) is 4.19. The van der Waals surface area contributed by atoms with Gasteiger partial charge in [0.25, 0.3) is 0 Å². The molecule has 0 unspecified atom stereocenters. The van der Waals surface area contributed by atoms with Crippen LogP contribution in [0, 0.1) is 6.42 Å². The van der Waals surface area contributed by atoms with Crippen LogP contribution in [0.5, 0.6) is 0 Å². The number of carboxylic acid groups (broad SMARTS) is 1. The van der Waals surface area contributed by atoms with Crippen LogP contribution in [0.3, 0.4) is 0 Å². The summed E-state index contributed by atoms with van der Waals surface area (Å²) in [7, 11) is 0. The van der Waals surface area contributed by atoms with Gasteiger partial charge in [0.2, 0.25) is 0 Å². The Labute approximate surface area is 81.0 Å². The second-order valence-electron chi connectivity index (χ2n) is 2.91. The summed E-state index contributed by atoms with van der Waals surface area (Å²) in [4.78, 5) is 14.6. The van der Waals surface area contributed by atoms with Gasteiger partial charge in [-0.1, -0.05) is 24.3 Å². The van der Waals surface area contributed by atoms with Crippen LogP contribution in [0.1, 0.15) is 5.69 Å². The van der Waals surface area contributed by atoms with E-state index < -0.39 is 5.97 Å². The quantitative estimate of drug-likeness (QED) is 0.778. The van der Waals surface area contributed by atoms with Crippen LogP contribution < -0.4 is 0 Å². The van der Waals surface area contributed by atoms with E-state index in [9.17, 15) is 4.79 Å². The van der Waals surface area contributed by atoms with Gasteiger partial charge in [0, 0.05) is 5.39 Å². The van der Waals surface area contributed by atoms with Crippen molar-refractivity contribution in [1.82, 2.24) is 4.98 Å². The van der Waals surface area contributed by atoms with Crippen molar-refractivity contribution in [1.29, 1.82) is 0 Å². The van der Waals surface area contributed by atoms with Crippen molar-refractivity contribution >= 4 is 16.9 Å². The Morgan fingerprint density at radius 2 is 2.00 bits per heavy atom. The Bertz CT molecular complexity index is 479. The molecule has 0 saturated heterocycles. The zero-order valence-corrected chi connectivity index (χ0v) is 7.34. The highest BCUT2D eigenvalue weighted by Gasteiger charge is 2.02. The van der Waals surface area contributed by atoms with Crippen LogP contribution in [0.25, 0.3) is 10.9 Å². The fourth-order valence-electron chi connectivity index (χ4n) is 1.29. The topological polar surface area (TPSA) is 50.2 Å². The van der Waals surface area contributed by atoms with E-state index in [0.717, 1.165) is 17.3 Å². The molecule has 0 amide bonds. The molecule has 2 aromatic rings. The number of rotatable bonds is 2. The van der Waals surface area contributed by atoms with E-state index >= 15 is 0 Å². The molecule has 0 atom stereocenters. The number of hydrogen-bond donors (Lipinski definition) is 1. The average Bonchev–Trinajstić information content (AvgIpc) is 2.17. The third kappa shape index (κ3) is 1.71. The van der Waals surface area contributed by atoms with Gasteiger partial charge >= 0.3 is 5.97 Å². The summed E-state index contributed by atoms with van der Waals surface area (Å²) in [5, 5.41) is 9.55. The van der Waals surface area contributed by atoms with E-state index in [2.05, 4.69) is 4.98 Å². The Kier molecular flexibility index (Phi) is 2.14. The summed E-state index contributed by atoms with van der Waals surface area (Å²) in [5.41, 5.74) is 1.28. The molecule has 1 radical (unpaired) electrons. The second kappa shape index (κ2) is 3.46. The lowest BCUT2D eigenvalue weighted by molar-refractivity contribution is -0.132.